The third-order valence-corrected chi connectivity index (χ3v) is 9.02. The smallest absolute Gasteiger partial charge is 0.462 e. The van der Waals surface area contributed by atoms with E-state index in [1.54, 1.807) is 0 Å². The van der Waals surface area contributed by atoms with Gasteiger partial charge in [0.1, 0.15) is 12.7 Å². The molecular formula is C43H73O10P. The molecule has 0 radical (unpaired) electrons. The van der Waals surface area contributed by atoms with Gasteiger partial charge in [-0.25, -0.2) is 4.57 Å². The monoisotopic (exact) mass is 780 g/mol. The van der Waals surface area contributed by atoms with E-state index in [0.29, 0.717) is 12.8 Å². The zero-order valence-electron chi connectivity index (χ0n) is 33.4. The molecule has 310 valence electrons. The van der Waals surface area contributed by atoms with Crippen LogP contribution in [0.1, 0.15) is 149 Å². The summed E-state index contributed by atoms with van der Waals surface area (Å²) < 4.78 is 32.6. The van der Waals surface area contributed by atoms with Crippen LogP contribution in [0.5, 0.6) is 0 Å². The Morgan fingerprint density at radius 2 is 1.00 bits per heavy atom. The number of unbranched alkanes of at least 4 members (excludes halogenated alkanes) is 11. The van der Waals surface area contributed by atoms with E-state index in [9.17, 15) is 24.2 Å². The normalized spacial score (nSPS) is 14.7. The van der Waals surface area contributed by atoms with Crippen molar-refractivity contribution in [2.75, 3.05) is 26.4 Å². The van der Waals surface area contributed by atoms with Gasteiger partial charge in [-0.15, -0.1) is 0 Å². The summed E-state index contributed by atoms with van der Waals surface area (Å²) in [5.41, 5.74) is 0. The van der Waals surface area contributed by atoms with Crippen LogP contribution < -0.4 is 0 Å². The number of aliphatic hydroxyl groups is 2. The second kappa shape index (κ2) is 38.7. The van der Waals surface area contributed by atoms with Crippen molar-refractivity contribution in [1.29, 1.82) is 0 Å². The van der Waals surface area contributed by atoms with Gasteiger partial charge in [-0.3, -0.25) is 18.6 Å². The van der Waals surface area contributed by atoms with Crippen LogP contribution in [0.2, 0.25) is 0 Å². The van der Waals surface area contributed by atoms with Crippen molar-refractivity contribution in [2.24, 2.45) is 0 Å². The van der Waals surface area contributed by atoms with Gasteiger partial charge in [0, 0.05) is 12.8 Å². The van der Waals surface area contributed by atoms with Gasteiger partial charge in [0.25, 0.3) is 0 Å². The minimum Gasteiger partial charge on any atom is -0.462 e. The van der Waals surface area contributed by atoms with Gasteiger partial charge >= 0.3 is 19.8 Å². The number of phosphoric acid groups is 1. The van der Waals surface area contributed by atoms with Gasteiger partial charge in [0.15, 0.2) is 6.10 Å². The number of ether oxygens (including phenoxy) is 2. The predicted molar refractivity (Wildman–Crippen MR) is 219 cm³/mol. The molecular weight excluding hydrogens is 707 g/mol. The molecule has 0 aliphatic heterocycles. The van der Waals surface area contributed by atoms with Crippen LogP contribution in [-0.4, -0.2) is 65.7 Å². The Morgan fingerprint density at radius 1 is 0.556 bits per heavy atom. The highest BCUT2D eigenvalue weighted by Gasteiger charge is 2.27. The summed E-state index contributed by atoms with van der Waals surface area (Å²) in [4.78, 5) is 34.9. The van der Waals surface area contributed by atoms with E-state index in [1.165, 1.54) is 19.3 Å². The number of hydrogen-bond donors (Lipinski definition) is 3. The molecule has 3 N–H and O–H groups in total. The lowest BCUT2D eigenvalue weighted by molar-refractivity contribution is -0.161. The van der Waals surface area contributed by atoms with Crippen molar-refractivity contribution in [3.05, 3.63) is 72.9 Å². The zero-order chi connectivity index (χ0) is 39.8. The molecule has 0 amide bonds. The number of phosphoric ester groups is 1. The average molecular weight is 781 g/mol. The maximum absolute atomic E-state index is 12.6. The largest absolute Gasteiger partial charge is 0.472 e. The molecule has 54 heavy (non-hydrogen) atoms. The Hall–Kier alpha value is -2.59. The molecule has 0 bridgehead atoms. The minimum absolute atomic E-state index is 0.157. The van der Waals surface area contributed by atoms with Crippen LogP contribution in [0.15, 0.2) is 72.9 Å². The van der Waals surface area contributed by atoms with Crippen molar-refractivity contribution >= 4 is 19.8 Å². The van der Waals surface area contributed by atoms with Crippen LogP contribution in [0.3, 0.4) is 0 Å². The Morgan fingerprint density at radius 3 is 1.54 bits per heavy atom. The fraction of sp³-hybridized carbons (Fsp3) is 0.674. The first kappa shape index (κ1) is 51.4. The van der Waals surface area contributed by atoms with E-state index < -0.39 is 51.8 Å². The van der Waals surface area contributed by atoms with Crippen molar-refractivity contribution in [1.82, 2.24) is 0 Å². The van der Waals surface area contributed by atoms with Crippen LogP contribution in [0.4, 0.5) is 0 Å². The molecule has 10 nitrogen and oxygen atoms in total. The number of carbonyl (C=O) groups excluding carboxylic acids is 2. The molecule has 0 saturated carbocycles. The summed E-state index contributed by atoms with van der Waals surface area (Å²) in [6.45, 7) is 2.19. The lowest BCUT2D eigenvalue weighted by atomic mass is 10.1. The molecule has 0 rings (SSSR count). The first-order valence-electron chi connectivity index (χ1n) is 20.4. The fourth-order valence-corrected chi connectivity index (χ4v) is 5.67. The molecule has 11 heteroatoms. The SMILES string of the molecule is CCC/C=C/C/C=C/C/C=C/C/C=C/CCCCCC(=O)OC[C@H](COP(=O)(O)OC[C@@H](O)CO)OC(=O)CCCCCCC/C=C/C/C=C/CCCC. The van der Waals surface area contributed by atoms with Crippen LogP contribution in [0.25, 0.3) is 0 Å². The van der Waals surface area contributed by atoms with Gasteiger partial charge in [0.2, 0.25) is 0 Å². The number of carbonyl (C=O) groups is 2. The molecule has 0 aromatic carbocycles. The molecule has 1 unspecified atom stereocenters. The highest BCUT2D eigenvalue weighted by atomic mass is 31.2. The van der Waals surface area contributed by atoms with E-state index >= 15 is 0 Å². The number of esters is 2. The standard InChI is InChI=1S/C43H73O10P/c1-3-5-7-9-11-13-15-17-19-20-21-23-24-26-28-30-32-34-42(46)50-38-41(39-52-54(48,49)51-37-40(45)36-44)53-43(47)35-33-31-29-27-25-22-18-16-14-12-10-8-6-4-2/h7,9-10,12-13,15-16,18-20,23-24,40-41,44-45H,3-6,8,11,14,17,21-22,25-39H2,1-2H3,(H,48,49)/b9-7+,12-10+,15-13+,18-16+,20-19+,24-23+/t40-,41+/m0/s1. The molecule has 0 heterocycles. The van der Waals surface area contributed by atoms with Gasteiger partial charge in [-0.05, 0) is 77.0 Å². The maximum atomic E-state index is 12.6. The van der Waals surface area contributed by atoms with E-state index in [-0.39, 0.29) is 19.4 Å². The summed E-state index contributed by atoms with van der Waals surface area (Å²) in [6.07, 6.45) is 42.9. The summed E-state index contributed by atoms with van der Waals surface area (Å²) in [5.74, 6) is -0.985. The molecule has 0 fully saturated rings. The van der Waals surface area contributed by atoms with Crippen molar-refractivity contribution < 1.29 is 47.8 Å². The van der Waals surface area contributed by atoms with E-state index in [1.807, 2.05) is 0 Å². The number of allylic oxidation sites excluding steroid dienone is 12. The number of hydrogen-bond acceptors (Lipinski definition) is 9. The topological polar surface area (TPSA) is 149 Å². The summed E-state index contributed by atoms with van der Waals surface area (Å²) in [5, 5.41) is 18.3. The van der Waals surface area contributed by atoms with Crippen molar-refractivity contribution in [3.8, 4) is 0 Å². The highest BCUT2D eigenvalue weighted by Crippen LogP contribution is 2.43. The molecule has 0 aliphatic rings. The average Bonchev–Trinajstić information content (AvgIpc) is 3.16. The van der Waals surface area contributed by atoms with Gasteiger partial charge in [0.05, 0.1) is 19.8 Å². The summed E-state index contributed by atoms with van der Waals surface area (Å²) in [6, 6.07) is 0. The van der Waals surface area contributed by atoms with Crippen molar-refractivity contribution in [2.45, 2.75) is 161 Å². The van der Waals surface area contributed by atoms with Gasteiger partial charge in [-0.1, -0.05) is 132 Å². The molecule has 0 aliphatic carbocycles. The zero-order valence-corrected chi connectivity index (χ0v) is 34.3. The Bertz CT molecular complexity index is 1130. The summed E-state index contributed by atoms with van der Waals surface area (Å²) >= 11 is 0. The molecule has 0 saturated heterocycles. The molecule has 0 aromatic rings. The van der Waals surface area contributed by atoms with Crippen LogP contribution in [0, 0.1) is 0 Å². The van der Waals surface area contributed by atoms with Crippen molar-refractivity contribution in [3.63, 3.8) is 0 Å². The summed E-state index contributed by atoms with van der Waals surface area (Å²) in [7, 11) is -4.63. The van der Waals surface area contributed by atoms with Gasteiger partial charge < -0.3 is 24.6 Å². The lowest BCUT2D eigenvalue weighted by Crippen LogP contribution is -2.29. The van der Waals surface area contributed by atoms with Crippen LogP contribution in [-0.2, 0) is 32.7 Å². The second-order valence-corrected chi connectivity index (χ2v) is 14.8. The minimum atomic E-state index is -4.63. The first-order valence-corrected chi connectivity index (χ1v) is 21.9. The highest BCUT2D eigenvalue weighted by molar-refractivity contribution is 7.47. The van der Waals surface area contributed by atoms with Gasteiger partial charge in [-0.2, -0.15) is 0 Å². The van der Waals surface area contributed by atoms with E-state index in [2.05, 4.69) is 91.3 Å². The molecule has 3 atom stereocenters. The molecule has 0 spiro atoms. The Labute approximate surface area is 327 Å². The van der Waals surface area contributed by atoms with E-state index in [4.69, 9.17) is 19.1 Å². The predicted octanol–water partition coefficient (Wildman–Crippen LogP) is 10.5. The molecule has 0 aromatic heterocycles. The quantitative estimate of drug-likeness (QED) is 0.0241. The number of rotatable bonds is 37. The third kappa shape index (κ3) is 37.7. The number of aliphatic hydroxyl groups excluding tert-OH is 2. The third-order valence-electron chi connectivity index (χ3n) is 8.06. The Balaban J connectivity index is 4.43. The lowest BCUT2D eigenvalue weighted by Gasteiger charge is -2.20. The first-order chi connectivity index (χ1) is 26.2. The van der Waals surface area contributed by atoms with Crippen LogP contribution >= 0.6 is 7.82 Å². The Kier molecular flexibility index (Phi) is 36.8. The van der Waals surface area contributed by atoms with E-state index in [0.717, 1.165) is 89.9 Å². The second-order valence-electron chi connectivity index (χ2n) is 13.3. The fourth-order valence-electron chi connectivity index (χ4n) is 4.88. The maximum Gasteiger partial charge on any atom is 0.472 e.